The van der Waals surface area contributed by atoms with E-state index in [4.69, 9.17) is 0 Å². The predicted octanol–water partition coefficient (Wildman–Crippen LogP) is 2.51. The van der Waals surface area contributed by atoms with Crippen LogP contribution in [0.3, 0.4) is 0 Å². The van der Waals surface area contributed by atoms with Gasteiger partial charge in [-0.15, -0.1) is 0 Å². The molecule has 1 aliphatic rings. The average Bonchev–Trinajstić information content (AvgIpc) is 2.86. The summed E-state index contributed by atoms with van der Waals surface area (Å²) in [6.07, 6.45) is 3.99. The van der Waals surface area contributed by atoms with E-state index in [2.05, 4.69) is 45.9 Å². The topological polar surface area (TPSA) is 50.9 Å². The van der Waals surface area contributed by atoms with Crippen molar-refractivity contribution in [3.05, 3.63) is 46.5 Å². The molecule has 1 aromatic carbocycles. The molecule has 1 heterocycles. The van der Waals surface area contributed by atoms with Crippen LogP contribution < -0.4 is 0 Å². The van der Waals surface area contributed by atoms with Gasteiger partial charge >= 0.3 is 0 Å². The summed E-state index contributed by atoms with van der Waals surface area (Å²) in [6.45, 7) is 4.62. The Balaban J connectivity index is 2.08. The van der Waals surface area contributed by atoms with Crippen LogP contribution in [0, 0.1) is 5.41 Å². The van der Waals surface area contributed by atoms with Crippen LogP contribution in [0.1, 0.15) is 25.0 Å². The second kappa shape index (κ2) is 4.15. The Hall–Kier alpha value is -1.20. The minimum absolute atomic E-state index is 0.234. The summed E-state index contributed by atoms with van der Waals surface area (Å²) in [5.74, 6) is 0. The predicted molar refractivity (Wildman–Crippen MR) is 75.5 cm³/mol. The van der Waals surface area contributed by atoms with E-state index in [0.29, 0.717) is 6.54 Å². The Kier molecular flexibility index (Phi) is 2.80. The van der Waals surface area contributed by atoms with Gasteiger partial charge in [0.25, 0.3) is 0 Å². The minimum atomic E-state index is -0.920. The van der Waals surface area contributed by atoms with Crippen molar-refractivity contribution in [3.8, 4) is 0 Å². The molecule has 0 spiro atoms. The van der Waals surface area contributed by atoms with Crippen LogP contribution in [0.25, 0.3) is 0 Å². The molecular weight excluding hydrogens is 306 g/mol. The quantitative estimate of drug-likeness (QED) is 0.924. The fourth-order valence-electron chi connectivity index (χ4n) is 2.95. The van der Waals surface area contributed by atoms with Gasteiger partial charge in [-0.3, -0.25) is 0 Å². The lowest BCUT2D eigenvalue weighted by Crippen LogP contribution is -2.42. The van der Waals surface area contributed by atoms with Crippen LogP contribution in [-0.2, 0) is 18.6 Å². The largest absolute Gasteiger partial charge is 0.383 e. The summed E-state index contributed by atoms with van der Waals surface area (Å²) in [6, 6.07) is 6.08. The van der Waals surface area contributed by atoms with Crippen molar-refractivity contribution in [1.29, 1.82) is 0 Å². The fourth-order valence-corrected chi connectivity index (χ4v) is 3.36. The molecule has 1 aromatic heterocycles. The van der Waals surface area contributed by atoms with Gasteiger partial charge in [-0.05, 0) is 29.7 Å². The van der Waals surface area contributed by atoms with Gasteiger partial charge < -0.3 is 5.11 Å². The maximum atomic E-state index is 11.2. The Morgan fingerprint density at radius 3 is 2.89 bits per heavy atom. The molecule has 4 nitrogen and oxygen atoms in total. The maximum Gasteiger partial charge on any atom is 0.137 e. The van der Waals surface area contributed by atoms with Gasteiger partial charge in [-0.25, -0.2) is 9.67 Å². The molecule has 0 fully saturated rings. The Morgan fingerprint density at radius 2 is 2.21 bits per heavy atom. The third-order valence-corrected chi connectivity index (χ3v) is 4.62. The number of aromatic nitrogens is 3. The van der Waals surface area contributed by atoms with Crippen molar-refractivity contribution in [3.63, 3.8) is 0 Å². The lowest BCUT2D eigenvalue weighted by atomic mass is 9.75. The molecule has 0 saturated heterocycles. The molecule has 2 aromatic rings. The highest BCUT2D eigenvalue weighted by Crippen LogP contribution is 2.51. The Bertz CT molecular complexity index is 609. The monoisotopic (exact) mass is 321 g/mol. The van der Waals surface area contributed by atoms with Crippen molar-refractivity contribution in [2.75, 3.05) is 0 Å². The molecule has 0 amide bonds. The van der Waals surface area contributed by atoms with Gasteiger partial charge in [-0.2, -0.15) is 5.10 Å². The number of rotatable bonds is 2. The van der Waals surface area contributed by atoms with Crippen LogP contribution in [0.15, 0.2) is 35.3 Å². The number of benzene rings is 1. The molecule has 100 valence electrons. The molecule has 5 heteroatoms. The summed E-state index contributed by atoms with van der Waals surface area (Å²) in [5, 5.41) is 15.3. The zero-order valence-corrected chi connectivity index (χ0v) is 12.6. The van der Waals surface area contributed by atoms with Gasteiger partial charge in [0.1, 0.15) is 18.3 Å². The number of nitrogens with zero attached hydrogens (tertiary/aromatic N) is 3. The summed E-state index contributed by atoms with van der Waals surface area (Å²) in [4.78, 5) is 3.95. The summed E-state index contributed by atoms with van der Waals surface area (Å²) < 4.78 is 2.74. The summed E-state index contributed by atoms with van der Waals surface area (Å²) >= 11 is 3.49. The highest BCUT2D eigenvalue weighted by molar-refractivity contribution is 9.10. The molecule has 1 N–H and O–H groups in total. The van der Waals surface area contributed by atoms with Crippen molar-refractivity contribution in [2.45, 2.75) is 32.4 Å². The lowest BCUT2D eigenvalue weighted by Gasteiger charge is -2.37. The zero-order chi connectivity index (χ0) is 13.7. The third-order valence-electron chi connectivity index (χ3n) is 4.12. The molecule has 0 saturated carbocycles. The molecule has 3 rings (SSSR count). The number of aliphatic hydroxyl groups is 1. The lowest BCUT2D eigenvalue weighted by molar-refractivity contribution is -0.0754. The van der Waals surface area contributed by atoms with Crippen molar-refractivity contribution in [2.24, 2.45) is 5.41 Å². The van der Waals surface area contributed by atoms with Crippen LogP contribution in [0.5, 0.6) is 0 Å². The van der Waals surface area contributed by atoms with Crippen LogP contribution in [0.2, 0.25) is 0 Å². The standard InChI is InChI=1S/C14H16BrN3O/c1-13(2)6-10-5-11(15)3-4-12(10)14(13,19)7-18-9-16-8-17-18/h3-5,8-9,19H,6-7H2,1-2H3. The van der Waals surface area contributed by atoms with Gasteiger partial charge in [0.05, 0.1) is 6.54 Å². The van der Waals surface area contributed by atoms with Crippen molar-refractivity contribution in [1.82, 2.24) is 14.8 Å². The highest BCUT2D eigenvalue weighted by atomic mass is 79.9. The first-order chi connectivity index (χ1) is 8.92. The van der Waals surface area contributed by atoms with Crippen LogP contribution in [-0.4, -0.2) is 19.9 Å². The maximum absolute atomic E-state index is 11.2. The molecule has 1 aliphatic carbocycles. The normalized spacial score (nSPS) is 24.4. The van der Waals surface area contributed by atoms with Crippen LogP contribution in [0.4, 0.5) is 0 Å². The van der Waals surface area contributed by atoms with E-state index in [9.17, 15) is 5.11 Å². The second-order valence-electron chi connectivity index (χ2n) is 5.82. The van der Waals surface area contributed by atoms with E-state index in [1.165, 1.54) is 11.9 Å². The van der Waals surface area contributed by atoms with E-state index in [-0.39, 0.29) is 5.41 Å². The molecule has 0 aliphatic heterocycles. The zero-order valence-electron chi connectivity index (χ0n) is 11.0. The third kappa shape index (κ3) is 1.92. The number of halogens is 1. The van der Waals surface area contributed by atoms with Gasteiger partial charge in [0.15, 0.2) is 0 Å². The molecular formula is C14H16BrN3O. The van der Waals surface area contributed by atoms with Gasteiger partial charge in [0, 0.05) is 9.89 Å². The van der Waals surface area contributed by atoms with Crippen molar-refractivity contribution >= 4 is 15.9 Å². The smallest absolute Gasteiger partial charge is 0.137 e. The van der Waals surface area contributed by atoms with Gasteiger partial charge in [0.2, 0.25) is 0 Å². The minimum Gasteiger partial charge on any atom is -0.383 e. The Morgan fingerprint density at radius 1 is 1.42 bits per heavy atom. The Labute approximate surface area is 120 Å². The second-order valence-corrected chi connectivity index (χ2v) is 6.73. The highest BCUT2D eigenvalue weighted by Gasteiger charge is 2.51. The first-order valence-corrected chi connectivity index (χ1v) is 7.05. The van der Waals surface area contributed by atoms with E-state index < -0.39 is 5.60 Å². The molecule has 19 heavy (non-hydrogen) atoms. The number of hydrogen-bond donors (Lipinski definition) is 1. The fraction of sp³-hybridized carbons (Fsp3) is 0.429. The number of hydrogen-bond acceptors (Lipinski definition) is 3. The van der Waals surface area contributed by atoms with Crippen LogP contribution >= 0.6 is 15.9 Å². The molecule has 0 radical (unpaired) electrons. The molecule has 0 bridgehead atoms. The SMILES string of the molecule is CC1(C)Cc2cc(Br)ccc2C1(O)Cn1cncn1. The number of fused-ring (bicyclic) bond motifs is 1. The van der Waals surface area contributed by atoms with E-state index in [1.807, 2.05) is 12.1 Å². The van der Waals surface area contributed by atoms with E-state index in [1.54, 1.807) is 11.0 Å². The molecule has 1 unspecified atom stereocenters. The van der Waals surface area contributed by atoms with E-state index in [0.717, 1.165) is 16.5 Å². The van der Waals surface area contributed by atoms with Gasteiger partial charge in [-0.1, -0.05) is 35.8 Å². The van der Waals surface area contributed by atoms with Crippen molar-refractivity contribution < 1.29 is 5.11 Å². The summed E-state index contributed by atoms with van der Waals surface area (Å²) in [7, 11) is 0. The summed E-state index contributed by atoms with van der Waals surface area (Å²) in [5.41, 5.74) is 1.04. The first-order valence-electron chi connectivity index (χ1n) is 6.26. The average molecular weight is 322 g/mol. The molecule has 1 atom stereocenters. The van der Waals surface area contributed by atoms with E-state index >= 15 is 0 Å². The first kappa shape index (κ1) is 12.8.